The number of amides is 3. The van der Waals surface area contributed by atoms with Gasteiger partial charge in [0.15, 0.2) is 6.10 Å². The molecule has 3 amide bonds. The van der Waals surface area contributed by atoms with Crippen LogP contribution in [-0.2, 0) is 30.3 Å². The fourth-order valence-electron chi connectivity index (χ4n) is 4.51. The zero-order chi connectivity index (χ0) is 28.1. The van der Waals surface area contributed by atoms with E-state index in [1.54, 1.807) is 36.7 Å². The summed E-state index contributed by atoms with van der Waals surface area (Å²) in [6, 6.07) is 6.05. The number of phenols is 1. The lowest BCUT2D eigenvalue weighted by Gasteiger charge is -2.36. The highest BCUT2D eigenvalue weighted by Crippen LogP contribution is 2.23. The maximum absolute atomic E-state index is 13.6. The highest BCUT2D eigenvalue weighted by molar-refractivity contribution is 6.00. The molecule has 5 N–H and O–H groups in total. The van der Waals surface area contributed by atoms with Gasteiger partial charge in [-0.15, -0.1) is 0 Å². The second-order valence-electron chi connectivity index (χ2n) is 9.88. The lowest BCUT2D eigenvalue weighted by atomic mass is 9.92. The van der Waals surface area contributed by atoms with Gasteiger partial charge >= 0.3 is 5.97 Å². The van der Waals surface area contributed by atoms with Crippen LogP contribution in [0.4, 0.5) is 0 Å². The minimum absolute atomic E-state index is 0.0612. The summed E-state index contributed by atoms with van der Waals surface area (Å²) in [7, 11) is 0. The zero-order valence-corrected chi connectivity index (χ0v) is 21.6. The van der Waals surface area contributed by atoms with E-state index in [0.717, 1.165) is 0 Å². The molecule has 2 aromatic rings. The van der Waals surface area contributed by atoms with Crippen LogP contribution in [-0.4, -0.2) is 82.4 Å². The number of phenolic OH excluding ortho intramolecular Hbond substituents is 1. The number of nitrogens with zero attached hydrogens (tertiary/aromatic N) is 1. The lowest BCUT2D eigenvalue weighted by Crippen LogP contribution is -2.63. The number of esters is 1. The predicted molar refractivity (Wildman–Crippen MR) is 136 cm³/mol. The Morgan fingerprint density at radius 3 is 2.46 bits per heavy atom. The highest BCUT2D eigenvalue weighted by atomic mass is 16.6. The molecule has 2 aliphatic rings. The van der Waals surface area contributed by atoms with Gasteiger partial charge < -0.3 is 35.6 Å². The van der Waals surface area contributed by atoms with Gasteiger partial charge in [0.1, 0.15) is 11.8 Å². The number of hydrogen-bond acceptors (Lipinski definition) is 9. The van der Waals surface area contributed by atoms with E-state index < -0.39 is 65.9 Å². The summed E-state index contributed by atoms with van der Waals surface area (Å²) in [6.07, 6.45) is 0.673. The Balaban J connectivity index is 1.67. The standard InChI is InChI=1S/C27H32N4O8/c1-14-22(33)19(10-16-6-5-9-28-11-16)30-25(35)21(31-24(34)18-7-3-4-8-20(18)32)15(2)29-26(36)23(39-27(14)37)17-12-38-13-17/h3-9,11,14-15,17,19,21-23,32-33H,10,12-13H2,1-2H3,(H,29,36)(H,30,35)(H,31,34)/t14-,15-,19+,21+,22+,23?/m1/s1. The number of aliphatic hydroxyl groups excluding tert-OH is 1. The Morgan fingerprint density at radius 2 is 1.82 bits per heavy atom. The van der Waals surface area contributed by atoms with Crippen LogP contribution in [0.5, 0.6) is 5.75 Å². The summed E-state index contributed by atoms with van der Waals surface area (Å²) >= 11 is 0. The molecule has 1 aromatic heterocycles. The normalized spacial score (nSPS) is 28.5. The molecule has 0 radical (unpaired) electrons. The van der Waals surface area contributed by atoms with Gasteiger partial charge in [0.2, 0.25) is 5.91 Å². The number of aromatic nitrogens is 1. The monoisotopic (exact) mass is 540 g/mol. The number of benzene rings is 1. The van der Waals surface area contributed by atoms with Crippen LogP contribution >= 0.6 is 0 Å². The summed E-state index contributed by atoms with van der Waals surface area (Å²) < 4.78 is 10.7. The van der Waals surface area contributed by atoms with E-state index in [2.05, 4.69) is 20.9 Å². The van der Waals surface area contributed by atoms with Crippen molar-refractivity contribution in [3.8, 4) is 5.75 Å². The maximum atomic E-state index is 13.6. The molecule has 2 aliphatic heterocycles. The third-order valence-corrected chi connectivity index (χ3v) is 6.98. The molecule has 208 valence electrons. The molecule has 1 unspecified atom stereocenters. The second kappa shape index (κ2) is 12.2. The molecule has 4 rings (SSSR count). The van der Waals surface area contributed by atoms with Crippen molar-refractivity contribution in [1.29, 1.82) is 0 Å². The summed E-state index contributed by atoms with van der Waals surface area (Å²) in [5.41, 5.74) is 0.629. The van der Waals surface area contributed by atoms with E-state index >= 15 is 0 Å². The molecular formula is C27H32N4O8. The highest BCUT2D eigenvalue weighted by Gasteiger charge is 2.42. The summed E-state index contributed by atoms with van der Waals surface area (Å²) in [5.74, 6) is -4.68. The van der Waals surface area contributed by atoms with Gasteiger partial charge in [-0.1, -0.05) is 18.2 Å². The first-order valence-corrected chi connectivity index (χ1v) is 12.7. The zero-order valence-electron chi connectivity index (χ0n) is 21.6. The number of carbonyl (C=O) groups excluding carboxylic acids is 4. The SMILES string of the molecule is C[C@H]1NC(=O)C(C2COC2)OC(=O)[C@H](C)[C@H](O)[C@H](Cc2cccnc2)NC(=O)[C@H]1NC(=O)c1ccccc1O. The van der Waals surface area contributed by atoms with Crippen molar-refractivity contribution in [2.75, 3.05) is 13.2 Å². The van der Waals surface area contributed by atoms with Crippen molar-refractivity contribution in [3.63, 3.8) is 0 Å². The number of hydrogen-bond donors (Lipinski definition) is 5. The third-order valence-electron chi connectivity index (χ3n) is 6.98. The van der Waals surface area contributed by atoms with Crippen molar-refractivity contribution >= 4 is 23.7 Å². The quantitative estimate of drug-likeness (QED) is 0.318. The second-order valence-corrected chi connectivity index (χ2v) is 9.88. The number of para-hydroxylation sites is 1. The molecule has 39 heavy (non-hydrogen) atoms. The topological polar surface area (TPSA) is 176 Å². The minimum atomic E-state index is -1.40. The first-order chi connectivity index (χ1) is 18.7. The van der Waals surface area contributed by atoms with Crippen LogP contribution in [0, 0.1) is 11.8 Å². The Kier molecular flexibility index (Phi) is 8.77. The lowest BCUT2D eigenvalue weighted by molar-refractivity contribution is -0.178. The van der Waals surface area contributed by atoms with Gasteiger partial charge in [-0.05, 0) is 44.0 Å². The molecule has 0 aliphatic carbocycles. The Bertz CT molecular complexity index is 1210. The predicted octanol–water partition coefficient (Wildman–Crippen LogP) is -0.313. The number of rotatable bonds is 5. The average molecular weight is 541 g/mol. The van der Waals surface area contributed by atoms with Gasteiger partial charge in [0.05, 0.1) is 48.8 Å². The number of carbonyl (C=O) groups is 4. The molecule has 0 spiro atoms. The van der Waals surface area contributed by atoms with Crippen molar-refractivity contribution < 1.29 is 38.9 Å². The number of aromatic hydroxyl groups is 1. The Labute approximate surface area is 225 Å². The van der Waals surface area contributed by atoms with Gasteiger partial charge in [-0.3, -0.25) is 24.2 Å². The van der Waals surface area contributed by atoms with E-state index in [4.69, 9.17) is 9.47 Å². The van der Waals surface area contributed by atoms with E-state index in [0.29, 0.717) is 5.56 Å². The molecule has 6 atom stereocenters. The van der Waals surface area contributed by atoms with E-state index in [1.165, 1.54) is 26.0 Å². The molecule has 12 nitrogen and oxygen atoms in total. The Hall–Kier alpha value is -4.03. The van der Waals surface area contributed by atoms with Crippen molar-refractivity contribution in [1.82, 2.24) is 20.9 Å². The van der Waals surface area contributed by atoms with Crippen LogP contribution in [0.3, 0.4) is 0 Å². The van der Waals surface area contributed by atoms with Crippen LogP contribution in [0.15, 0.2) is 48.8 Å². The number of pyridine rings is 1. The van der Waals surface area contributed by atoms with Crippen LogP contribution < -0.4 is 16.0 Å². The van der Waals surface area contributed by atoms with E-state index in [-0.39, 0.29) is 30.9 Å². The smallest absolute Gasteiger partial charge is 0.312 e. The summed E-state index contributed by atoms with van der Waals surface area (Å²) in [5, 5.41) is 29.3. The van der Waals surface area contributed by atoms with E-state index in [1.807, 2.05) is 0 Å². The number of nitrogens with one attached hydrogen (secondary N) is 3. The number of aliphatic hydroxyl groups is 1. The van der Waals surface area contributed by atoms with Crippen molar-refractivity contribution in [2.45, 2.75) is 50.6 Å². The molecule has 1 aromatic carbocycles. The van der Waals surface area contributed by atoms with Gasteiger partial charge in [0, 0.05) is 12.4 Å². The summed E-state index contributed by atoms with van der Waals surface area (Å²) in [4.78, 5) is 56.9. The largest absolute Gasteiger partial charge is 0.507 e. The van der Waals surface area contributed by atoms with E-state index in [9.17, 15) is 29.4 Å². The minimum Gasteiger partial charge on any atom is -0.507 e. The summed E-state index contributed by atoms with van der Waals surface area (Å²) in [6.45, 7) is 3.38. The molecular weight excluding hydrogens is 508 g/mol. The van der Waals surface area contributed by atoms with Crippen LogP contribution in [0.2, 0.25) is 0 Å². The molecule has 0 saturated carbocycles. The molecule has 3 heterocycles. The Morgan fingerprint density at radius 1 is 1.08 bits per heavy atom. The first kappa shape index (κ1) is 28.0. The number of ether oxygens (including phenoxy) is 2. The van der Waals surface area contributed by atoms with Crippen molar-refractivity contribution in [2.24, 2.45) is 11.8 Å². The molecule has 2 saturated heterocycles. The molecule has 12 heteroatoms. The fraction of sp³-hybridized carbons (Fsp3) is 0.444. The van der Waals surface area contributed by atoms with Gasteiger partial charge in [-0.25, -0.2) is 0 Å². The van der Waals surface area contributed by atoms with Crippen LogP contribution in [0.1, 0.15) is 29.8 Å². The van der Waals surface area contributed by atoms with Crippen LogP contribution in [0.25, 0.3) is 0 Å². The maximum Gasteiger partial charge on any atom is 0.312 e. The number of cyclic esters (lactones) is 1. The average Bonchev–Trinajstić information content (AvgIpc) is 2.89. The third kappa shape index (κ3) is 6.52. The first-order valence-electron chi connectivity index (χ1n) is 12.7. The van der Waals surface area contributed by atoms with Gasteiger partial charge in [0.25, 0.3) is 11.8 Å². The van der Waals surface area contributed by atoms with Crippen molar-refractivity contribution in [3.05, 3.63) is 59.9 Å². The molecule has 2 fully saturated rings. The van der Waals surface area contributed by atoms with Gasteiger partial charge in [-0.2, -0.15) is 0 Å². The molecule has 0 bridgehead atoms. The fourth-order valence-corrected chi connectivity index (χ4v) is 4.51.